The minimum absolute atomic E-state index is 0.565. The highest BCUT2D eigenvalue weighted by atomic mass is 35.5. The lowest BCUT2D eigenvalue weighted by atomic mass is 10.4. The molecule has 0 unspecified atom stereocenters. The van der Waals surface area contributed by atoms with Crippen molar-refractivity contribution < 1.29 is 0 Å². The van der Waals surface area contributed by atoms with E-state index in [4.69, 9.17) is 23.2 Å². The van der Waals surface area contributed by atoms with Crippen LogP contribution in [0.1, 0.15) is 13.3 Å². The van der Waals surface area contributed by atoms with Gasteiger partial charge in [-0.15, -0.1) is 0 Å². The third kappa shape index (κ3) is 1.50. The number of nitrogens with zero attached hydrogens (tertiary/aromatic N) is 1. The van der Waals surface area contributed by atoms with E-state index in [9.17, 15) is 0 Å². The van der Waals surface area contributed by atoms with Gasteiger partial charge in [0.15, 0.2) is 0 Å². The lowest BCUT2D eigenvalue weighted by Gasteiger charge is -2.14. The van der Waals surface area contributed by atoms with E-state index in [2.05, 4.69) is 12.2 Å². The Morgan fingerprint density at radius 2 is 2.30 bits per heavy atom. The van der Waals surface area contributed by atoms with Crippen LogP contribution in [0.4, 0.5) is 0 Å². The van der Waals surface area contributed by atoms with Gasteiger partial charge in [-0.3, -0.25) is 0 Å². The minimum atomic E-state index is 0.565. The molecule has 0 aromatic heterocycles. The fourth-order valence-corrected chi connectivity index (χ4v) is 1.28. The highest BCUT2D eigenvalue weighted by molar-refractivity contribution is 6.38. The summed E-state index contributed by atoms with van der Waals surface area (Å²) in [4.78, 5) is 2.00. The van der Waals surface area contributed by atoms with Crippen LogP contribution in [0.3, 0.4) is 0 Å². The van der Waals surface area contributed by atoms with Crippen LogP contribution >= 0.6 is 23.2 Å². The zero-order valence-corrected chi connectivity index (χ0v) is 7.34. The summed E-state index contributed by atoms with van der Waals surface area (Å²) < 4.78 is 0. The second-order valence-corrected chi connectivity index (χ2v) is 2.94. The van der Waals surface area contributed by atoms with Crippen molar-refractivity contribution >= 4 is 23.2 Å². The Labute approximate surface area is 70.8 Å². The van der Waals surface area contributed by atoms with E-state index in [1.54, 1.807) is 0 Å². The van der Waals surface area contributed by atoms with E-state index in [0.717, 1.165) is 19.6 Å². The van der Waals surface area contributed by atoms with E-state index in [1.165, 1.54) is 0 Å². The molecule has 0 aromatic rings. The maximum Gasteiger partial charge on any atom is 0.141 e. The predicted molar refractivity (Wildman–Crippen MR) is 43.7 cm³/mol. The summed E-state index contributed by atoms with van der Waals surface area (Å²) in [5, 5.41) is 4.15. The number of halogens is 2. The Morgan fingerprint density at radius 1 is 1.60 bits per heavy atom. The van der Waals surface area contributed by atoms with E-state index >= 15 is 0 Å². The van der Waals surface area contributed by atoms with Crippen LogP contribution in [0, 0.1) is 0 Å². The van der Waals surface area contributed by atoms with Crippen molar-refractivity contribution in [3.05, 3.63) is 10.3 Å². The molecule has 1 aliphatic rings. The topological polar surface area (TPSA) is 15.3 Å². The van der Waals surface area contributed by atoms with Crippen molar-refractivity contribution in [2.75, 3.05) is 13.2 Å². The standard InChI is InChI=1S/C6H10Cl2N2/c1-2-3-10-4-9-5(7)6(10)8/h9H,2-4H2,1H3. The molecule has 0 aromatic carbocycles. The molecule has 1 rings (SSSR count). The van der Waals surface area contributed by atoms with Gasteiger partial charge in [-0.25, -0.2) is 0 Å². The molecule has 0 amide bonds. The Morgan fingerprint density at radius 3 is 2.70 bits per heavy atom. The SMILES string of the molecule is CCCN1CNC(Cl)=C1Cl. The van der Waals surface area contributed by atoms with E-state index in [-0.39, 0.29) is 0 Å². The molecule has 0 saturated carbocycles. The summed E-state index contributed by atoms with van der Waals surface area (Å²) in [7, 11) is 0. The summed E-state index contributed by atoms with van der Waals surface area (Å²) in [6, 6.07) is 0. The summed E-state index contributed by atoms with van der Waals surface area (Å²) in [6.07, 6.45) is 1.09. The Balaban J connectivity index is 2.50. The Bertz CT molecular complexity index is 156. The van der Waals surface area contributed by atoms with Gasteiger partial charge >= 0.3 is 0 Å². The molecule has 4 heteroatoms. The first-order chi connectivity index (χ1) is 4.75. The second kappa shape index (κ2) is 3.35. The number of rotatable bonds is 2. The average molecular weight is 181 g/mol. The number of nitrogens with one attached hydrogen (secondary N) is 1. The average Bonchev–Trinajstić information content (AvgIpc) is 2.20. The molecule has 1 N–H and O–H groups in total. The van der Waals surface area contributed by atoms with Crippen molar-refractivity contribution in [1.29, 1.82) is 0 Å². The lowest BCUT2D eigenvalue weighted by molar-refractivity contribution is 0.382. The maximum absolute atomic E-state index is 5.82. The van der Waals surface area contributed by atoms with Crippen LogP contribution in [0.25, 0.3) is 0 Å². The fourth-order valence-electron chi connectivity index (χ4n) is 0.893. The van der Waals surface area contributed by atoms with Crippen molar-refractivity contribution in [1.82, 2.24) is 10.2 Å². The Hall–Kier alpha value is -0.0800. The molecule has 0 fully saturated rings. The van der Waals surface area contributed by atoms with Gasteiger partial charge in [0.25, 0.3) is 0 Å². The van der Waals surface area contributed by atoms with Gasteiger partial charge in [-0.2, -0.15) is 0 Å². The van der Waals surface area contributed by atoms with Gasteiger partial charge < -0.3 is 10.2 Å². The molecular formula is C6H10Cl2N2. The predicted octanol–water partition coefficient (Wildman–Crippen LogP) is 1.86. The molecule has 2 nitrogen and oxygen atoms in total. The quantitative estimate of drug-likeness (QED) is 0.654. The molecule has 58 valence electrons. The van der Waals surface area contributed by atoms with E-state index in [1.807, 2.05) is 4.90 Å². The monoisotopic (exact) mass is 180 g/mol. The largest absolute Gasteiger partial charge is 0.356 e. The van der Waals surface area contributed by atoms with Gasteiger partial charge in [0.05, 0.1) is 6.67 Å². The molecule has 0 radical (unpaired) electrons. The highest BCUT2D eigenvalue weighted by Crippen LogP contribution is 2.20. The third-order valence-corrected chi connectivity index (χ3v) is 2.21. The van der Waals surface area contributed by atoms with E-state index < -0.39 is 0 Å². The zero-order chi connectivity index (χ0) is 7.56. The van der Waals surface area contributed by atoms with Gasteiger partial charge in [0.1, 0.15) is 10.3 Å². The van der Waals surface area contributed by atoms with Crippen LogP contribution in [-0.4, -0.2) is 18.1 Å². The van der Waals surface area contributed by atoms with Gasteiger partial charge in [0.2, 0.25) is 0 Å². The van der Waals surface area contributed by atoms with Crippen molar-refractivity contribution in [2.24, 2.45) is 0 Å². The van der Waals surface area contributed by atoms with Gasteiger partial charge in [-0.1, -0.05) is 30.1 Å². The molecule has 0 aliphatic carbocycles. The first kappa shape index (κ1) is 8.02. The normalized spacial score (nSPS) is 18.1. The fraction of sp³-hybridized carbons (Fsp3) is 0.667. The molecule has 1 heterocycles. The molecule has 0 bridgehead atoms. The van der Waals surface area contributed by atoms with Crippen LogP contribution < -0.4 is 5.32 Å². The zero-order valence-electron chi connectivity index (χ0n) is 5.82. The van der Waals surface area contributed by atoms with E-state index in [0.29, 0.717) is 10.3 Å². The van der Waals surface area contributed by atoms with Crippen LogP contribution in [-0.2, 0) is 0 Å². The van der Waals surface area contributed by atoms with Gasteiger partial charge in [-0.05, 0) is 6.42 Å². The number of hydrogen-bond donors (Lipinski definition) is 1. The summed E-state index contributed by atoms with van der Waals surface area (Å²) in [6.45, 7) is 3.81. The highest BCUT2D eigenvalue weighted by Gasteiger charge is 2.16. The van der Waals surface area contributed by atoms with Crippen molar-refractivity contribution in [3.63, 3.8) is 0 Å². The van der Waals surface area contributed by atoms with Crippen LogP contribution in [0.5, 0.6) is 0 Å². The second-order valence-electron chi connectivity index (χ2n) is 2.20. The molecule has 10 heavy (non-hydrogen) atoms. The third-order valence-electron chi connectivity index (χ3n) is 1.38. The van der Waals surface area contributed by atoms with Crippen LogP contribution in [0.15, 0.2) is 10.3 Å². The first-order valence-electron chi connectivity index (χ1n) is 3.29. The number of hydrogen-bond acceptors (Lipinski definition) is 2. The van der Waals surface area contributed by atoms with Crippen LogP contribution in [0.2, 0.25) is 0 Å². The summed E-state index contributed by atoms with van der Waals surface area (Å²) >= 11 is 11.5. The first-order valence-corrected chi connectivity index (χ1v) is 4.05. The Kier molecular flexibility index (Phi) is 2.69. The van der Waals surface area contributed by atoms with Crippen molar-refractivity contribution in [2.45, 2.75) is 13.3 Å². The molecule has 1 aliphatic heterocycles. The van der Waals surface area contributed by atoms with Crippen molar-refractivity contribution in [3.8, 4) is 0 Å². The summed E-state index contributed by atoms with van der Waals surface area (Å²) in [5.41, 5.74) is 0. The molecule has 0 saturated heterocycles. The smallest absolute Gasteiger partial charge is 0.141 e. The summed E-state index contributed by atoms with van der Waals surface area (Å²) in [5.74, 6) is 0. The molecule has 0 spiro atoms. The minimum Gasteiger partial charge on any atom is -0.356 e. The lowest BCUT2D eigenvalue weighted by Crippen LogP contribution is -2.23. The maximum atomic E-state index is 5.82. The molecule has 0 atom stereocenters. The van der Waals surface area contributed by atoms with Gasteiger partial charge in [0, 0.05) is 6.54 Å². The molecular weight excluding hydrogens is 171 g/mol.